The zero-order valence-corrected chi connectivity index (χ0v) is 32.0. The number of hydrogen-bond donors (Lipinski definition) is 4. The summed E-state index contributed by atoms with van der Waals surface area (Å²) in [5.41, 5.74) is 11.1. The van der Waals surface area contributed by atoms with Gasteiger partial charge in [-0.15, -0.1) is 21.5 Å². The van der Waals surface area contributed by atoms with Gasteiger partial charge in [-0.25, -0.2) is 9.97 Å². The number of nitrogens with zero attached hydrogens (tertiary/aromatic N) is 7. The van der Waals surface area contributed by atoms with Crippen LogP contribution in [-0.4, -0.2) is 98.8 Å². The van der Waals surface area contributed by atoms with Gasteiger partial charge >= 0.3 is 0 Å². The standard InChI is InChI=1S/C37H45ClN10O4S/c1-21(23-6-8-24(9-7-23)31-22(2)41-20-53-31)42-35(51)28-17-26(49)19-48(28)36(52)32(37(3,4)5)43-34(50)25-10-11-40-30(16-25)47-14-12-46(13-15-47)27-18-29(38)44-45-33(27)39/h6-11,16,18,20-21,26,28,32,49H,12-15,17,19H2,1-5H3,(H2,39,45)(H,42,51)(H,43,50)/t21?,26-,28+,32?/m1/s1. The van der Waals surface area contributed by atoms with E-state index in [1.807, 2.05) is 64.4 Å². The van der Waals surface area contributed by atoms with Gasteiger partial charge in [-0.2, -0.15) is 0 Å². The molecule has 2 aliphatic rings. The molecule has 0 bridgehead atoms. The van der Waals surface area contributed by atoms with Crippen molar-refractivity contribution < 1.29 is 19.5 Å². The van der Waals surface area contributed by atoms with E-state index in [1.165, 1.54) is 4.90 Å². The number of benzene rings is 1. The number of aryl methyl sites for hydroxylation is 1. The summed E-state index contributed by atoms with van der Waals surface area (Å²) in [7, 11) is 0. The topological polar surface area (TPSA) is 183 Å². The molecule has 3 aromatic heterocycles. The minimum atomic E-state index is -0.984. The molecule has 5 N–H and O–H groups in total. The summed E-state index contributed by atoms with van der Waals surface area (Å²) < 4.78 is 0. The van der Waals surface area contributed by atoms with E-state index in [2.05, 4.69) is 40.6 Å². The minimum absolute atomic E-state index is 0.0184. The lowest BCUT2D eigenvalue weighted by Gasteiger charge is -2.37. The van der Waals surface area contributed by atoms with Crippen LogP contribution in [0.1, 0.15) is 61.8 Å². The molecular weight excluding hydrogens is 716 g/mol. The molecule has 6 rings (SSSR count). The van der Waals surface area contributed by atoms with Crippen LogP contribution < -0.4 is 26.2 Å². The number of thiazole rings is 1. The van der Waals surface area contributed by atoms with E-state index in [0.717, 1.165) is 27.4 Å². The number of piperazine rings is 1. The molecule has 2 fully saturated rings. The molecule has 3 amide bonds. The number of aliphatic hydroxyl groups is 1. The average Bonchev–Trinajstić information content (AvgIpc) is 3.76. The minimum Gasteiger partial charge on any atom is -0.391 e. The van der Waals surface area contributed by atoms with Crippen LogP contribution in [0.2, 0.25) is 5.15 Å². The highest BCUT2D eigenvalue weighted by molar-refractivity contribution is 7.13. The Morgan fingerprint density at radius 1 is 1.00 bits per heavy atom. The number of nitrogens with two attached hydrogens (primary N) is 1. The number of carbonyl (C=O) groups is 3. The molecule has 2 saturated heterocycles. The number of pyridine rings is 1. The molecule has 53 heavy (non-hydrogen) atoms. The van der Waals surface area contributed by atoms with Gasteiger partial charge < -0.3 is 36.2 Å². The fourth-order valence-corrected chi connectivity index (χ4v) is 7.71. The largest absolute Gasteiger partial charge is 0.391 e. The van der Waals surface area contributed by atoms with Gasteiger partial charge in [0.15, 0.2) is 11.0 Å². The third-order valence-corrected chi connectivity index (χ3v) is 10.9. The molecule has 4 aromatic rings. The number of halogens is 1. The van der Waals surface area contributed by atoms with E-state index >= 15 is 0 Å². The van der Waals surface area contributed by atoms with Crippen molar-refractivity contribution in [3.8, 4) is 10.4 Å². The Morgan fingerprint density at radius 2 is 1.70 bits per heavy atom. The molecule has 1 aromatic carbocycles. The Bertz CT molecular complexity index is 1960. The van der Waals surface area contributed by atoms with Crippen LogP contribution in [0.4, 0.5) is 17.3 Å². The summed E-state index contributed by atoms with van der Waals surface area (Å²) in [4.78, 5) is 57.1. The number of hydrogen-bond acceptors (Lipinski definition) is 12. The lowest BCUT2D eigenvalue weighted by Crippen LogP contribution is -2.57. The normalized spacial score (nSPS) is 18.8. The SMILES string of the molecule is Cc1ncsc1-c1ccc(C(C)NC(=O)[C@@H]2C[C@@H](O)CN2C(=O)C(NC(=O)c2ccnc(N3CCN(c4cc(Cl)nnc4N)CC3)c2)C(C)(C)C)cc1. The summed E-state index contributed by atoms with van der Waals surface area (Å²) in [6, 6.07) is 10.7. The van der Waals surface area contributed by atoms with Crippen molar-refractivity contribution >= 4 is 58.0 Å². The van der Waals surface area contributed by atoms with Gasteiger partial charge in [0.25, 0.3) is 5.91 Å². The highest BCUT2D eigenvalue weighted by atomic mass is 35.5. The number of likely N-dealkylation sites (tertiary alicyclic amines) is 1. The van der Waals surface area contributed by atoms with Crippen LogP contribution in [-0.2, 0) is 9.59 Å². The molecule has 2 aliphatic heterocycles. The maximum Gasteiger partial charge on any atom is 0.252 e. The molecule has 16 heteroatoms. The van der Waals surface area contributed by atoms with Crippen molar-refractivity contribution in [2.24, 2.45) is 5.41 Å². The van der Waals surface area contributed by atoms with Gasteiger partial charge in [-0.3, -0.25) is 14.4 Å². The van der Waals surface area contributed by atoms with Gasteiger partial charge in [0.2, 0.25) is 11.8 Å². The Hall–Kier alpha value is -4.86. The molecule has 14 nitrogen and oxygen atoms in total. The predicted octanol–water partition coefficient (Wildman–Crippen LogP) is 3.85. The summed E-state index contributed by atoms with van der Waals surface area (Å²) in [6.45, 7) is 11.9. The molecule has 0 radical (unpaired) electrons. The second kappa shape index (κ2) is 15.6. The lowest BCUT2D eigenvalue weighted by atomic mass is 9.85. The lowest BCUT2D eigenvalue weighted by molar-refractivity contribution is -0.142. The molecule has 5 heterocycles. The first-order valence-electron chi connectivity index (χ1n) is 17.5. The smallest absolute Gasteiger partial charge is 0.252 e. The van der Waals surface area contributed by atoms with Gasteiger partial charge in [0, 0.05) is 57.0 Å². The number of aromatic nitrogens is 4. The molecule has 2 unspecified atom stereocenters. The Kier molecular flexibility index (Phi) is 11.2. The first-order chi connectivity index (χ1) is 25.2. The van der Waals surface area contributed by atoms with E-state index in [-0.39, 0.29) is 30.1 Å². The van der Waals surface area contributed by atoms with E-state index in [1.54, 1.807) is 35.7 Å². The van der Waals surface area contributed by atoms with Crippen LogP contribution in [0, 0.1) is 12.3 Å². The van der Waals surface area contributed by atoms with E-state index in [9.17, 15) is 19.5 Å². The molecular formula is C37H45ClN10O4S. The molecule has 0 aliphatic carbocycles. The summed E-state index contributed by atoms with van der Waals surface area (Å²) in [5.74, 6) is -0.325. The molecule has 280 valence electrons. The maximum absolute atomic E-state index is 14.2. The Morgan fingerprint density at radius 3 is 2.36 bits per heavy atom. The number of β-amino-alcohol motifs (C(OH)–C–C–N with tert-alkyl or cyclic N) is 1. The van der Waals surface area contributed by atoms with Crippen LogP contribution in [0.5, 0.6) is 0 Å². The second-order valence-electron chi connectivity index (χ2n) is 14.6. The summed E-state index contributed by atoms with van der Waals surface area (Å²) in [5, 5.41) is 24.6. The monoisotopic (exact) mass is 760 g/mol. The summed E-state index contributed by atoms with van der Waals surface area (Å²) in [6.07, 6.45) is 0.785. The van der Waals surface area contributed by atoms with Crippen LogP contribution in [0.25, 0.3) is 10.4 Å². The van der Waals surface area contributed by atoms with Crippen molar-refractivity contribution in [2.45, 2.75) is 65.3 Å². The van der Waals surface area contributed by atoms with Crippen molar-refractivity contribution in [2.75, 3.05) is 48.3 Å². The number of nitrogens with one attached hydrogen (secondary N) is 2. The third-order valence-electron chi connectivity index (χ3n) is 9.75. The maximum atomic E-state index is 14.2. The van der Waals surface area contributed by atoms with Crippen molar-refractivity contribution in [1.82, 2.24) is 35.7 Å². The zero-order chi connectivity index (χ0) is 38.0. The van der Waals surface area contributed by atoms with E-state index in [4.69, 9.17) is 17.3 Å². The Balaban J connectivity index is 1.11. The number of anilines is 3. The highest BCUT2D eigenvalue weighted by Gasteiger charge is 2.45. The molecule has 4 atom stereocenters. The van der Waals surface area contributed by atoms with Crippen LogP contribution >= 0.6 is 22.9 Å². The van der Waals surface area contributed by atoms with E-state index in [0.29, 0.717) is 43.4 Å². The number of aliphatic hydroxyl groups excluding tert-OH is 1. The van der Waals surface area contributed by atoms with Gasteiger partial charge in [0.05, 0.1) is 33.9 Å². The molecule has 0 spiro atoms. The predicted molar refractivity (Wildman–Crippen MR) is 206 cm³/mol. The number of rotatable bonds is 9. The van der Waals surface area contributed by atoms with Gasteiger partial charge in [-0.05, 0) is 42.5 Å². The fraction of sp³-hybridized carbons (Fsp3) is 0.432. The van der Waals surface area contributed by atoms with Gasteiger partial charge in [-0.1, -0.05) is 56.6 Å². The third kappa shape index (κ3) is 8.53. The number of carbonyl (C=O) groups excluding carboxylic acids is 3. The highest BCUT2D eigenvalue weighted by Crippen LogP contribution is 2.30. The van der Waals surface area contributed by atoms with Crippen LogP contribution in [0.3, 0.4) is 0 Å². The van der Waals surface area contributed by atoms with Crippen molar-refractivity contribution in [3.05, 3.63) is 76.1 Å². The quantitative estimate of drug-likeness (QED) is 0.195. The van der Waals surface area contributed by atoms with Crippen molar-refractivity contribution in [3.63, 3.8) is 0 Å². The zero-order valence-electron chi connectivity index (χ0n) is 30.4. The molecule has 0 saturated carbocycles. The van der Waals surface area contributed by atoms with Gasteiger partial charge in [0.1, 0.15) is 17.9 Å². The number of amides is 3. The van der Waals surface area contributed by atoms with Crippen molar-refractivity contribution in [1.29, 1.82) is 0 Å². The average molecular weight is 761 g/mol. The van der Waals surface area contributed by atoms with E-state index < -0.39 is 35.4 Å². The fourth-order valence-electron chi connectivity index (χ4n) is 6.76. The Labute approximate surface area is 317 Å². The first-order valence-corrected chi connectivity index (χ1v) is 18.8. The second-order valence-corrected chi connectivity index (χ2v) is 15.8. The summed E-state index contributed by atoms with van der Waals surface area (Å²) >= 11 is 7.62. The number of nitrogen functional groups attached to an aromatic ring is 1. The van der Waals surface area contributed by atoms with Crippen LogP contribution in [0.15, 0.2) is 54.2 Å². The first kappa shape index (κ1) is 37.9.